The Balaban J connectivity index is 1.75. The minimum absolute atomic E-state index is 0.0825. The van der Waals surface area contributed by atoms with E-state index in [0.717, 1.165) is 42.4 Å². The summed E-state index contributed by atoms with van der Waals surface area (Å²) >= 11 is 12.3. The minimum atomic E-state index is -3.56. The molecule has 0 radical (unpaired) electrons. The van der Waals surface area contributed by atoms with Crippen molar-refractivity contribution in [1.29, 1.82) is 0 Å². The molecule has 1 aliphatic carbocycles. The van der Waals surface area contributed by atoms with Crippen LogP contribution in [0.1, 0.15) is 68.6 Å². The van der Waals surface area contributed by atoms with Crippen molar-refractivity contribution in [3.8, 4) is 0 Å². The summed E-state index contributed by atoms with van der Waals surface area (Å²) in [6, 6.07) is 10.2. The van der Waals surface area contributed by atoms with E-state index in [9.17, 15) is 18.0 Å². The van der Waals surface area contributed by atoms with E-state index in [1.807, 2.05) is 32.0 Å². The zero-order chi connectivity index (χ0) is 28.7. The monoisotopic (exact) mass is 595 g/mol. The molecule has 1 unspecified atom stereocenters. The highest BCUT2D eigenvalue weighted by molar-refractivity contribution is 7.92. The van der Waals surface area contributed by atoms with Crippen LogP contribution in [0.2, 0.25) is 10.0 Å². The number of amides is 2. The van der Waals surface area contributed by atoms with E-state index >= 15 is 0 Å². The van der Waals surface area contributed by atoms with Gasteiger partial charge in [-0.3, -0.25) is 13.9 Å². The smallest absolute Gasteiger partial charge is 0.242 e. The van der Waals surface area contributed by atoms with Gasteiger partial charge in [-0.05, 0) is 81.0 Å². The van der Waals surface area contributed by atoms with Crippen LogP contribution in [0.15, 0.2) is 36.4 Å². The lowest BCUT2D eigenvalue weighted by molar-refractivity contribution is -0.141. The third-order valence-electron chi connectivity index (χ3n) is 7.10. The van der Waals surface area contributed by atoms with E-state index in [-0.39, 0.29) is 37.4 Å². The van der Waals surface area contributed by atoms with Gasteiger partial charge < -0.3 is 10.2 Å². The average Bonchev–Trinajstić information content (AvgIpc) is 2.86. The number of anilines is 1. The van der Waals surface area contributed by atoms with Crippen molar-refractivity contribution in [1.82, 2.24) is 10.2 Å². The largest absolute Gasteiger partial charge is 0.352 e. The van der Waals surface area contributed by atoms with Gasteiger partial charge in [0.15, 0.2) is 0 Å². The molecule has 10 heteroatoms. The summed E-state index contributed by atoms with van der Waals surface area (Å²) in [4.78, 5) is 28.3. The highest BCUT2D eigenvalue weighted by atomic mass is 35.5. The van der Waals surface area contributed by atoms with E-state index in [1.54, 1.807) is 30.0 Å². The summed E-state index contributed by atoms with van der Waals surface area (Å²) in [5.74, 6) is -0.426. The van der Waals surface area contributed by atoms with Gasteiger partial charge in [0.05, 0.1) is 22.0 Å². The Hall–Kier alpha value is -2.29. The first kappa shape index (κ1) is 31.2. The molecule has 0 aromatic heterocycles. The summed E-state index contributed by atoms with van der Waals surface area (Å²) in [6.45, 7) is 5.90. The van der Waals surface area contributed by atoms with Crippen LogP contribution in [-0.2, 0) is 26.2 Å². The normalized spacial score (nSPS) is 15.0. The Morgan fingerprint density at radius 2 is 1.64 bits per heavy atom. The molecule has 1 aliphatic rings. The average molecular weight is 597 g/mol. The molecule has 0 heterocycles. The standard InChI is InChI=1S/C29H39Cl2N3O4S/c1-20-15-21(2)17-25(16-20)34(39(4,37)38)14-8-11-28(35)33(19-23-12-13-26(30)27(31)18-23)22(3)29(36)32-24-9-6-5-7-10-24/h12-13,15-18,22,24H,5-11,14,19H2,1-4H3,(H,32,36). The zero-order valence-corrected chi connectivity index (χ0v) is 25.5. The van der Waals surface area contributed by atoms with Crippen LogP contribution in [0, 0.1) is 13.8 Å². The SMILES string of the molecule is Cc1cc(C)cc(N(CCCC(=O)N(Cc2ccc(Cl)c(Cl)c2)C(C)C(=O)NC2CCCCC2)S(C)(=O)=O)c1. The van der Waals surface area contributed by atoms with Crippen LogP contribution in [0.25, 0.3) is 0 Å². The zero-order valence-electron chi connectivity index (χ0n) is 23.2. The van der Waals surface area contributed by atoms with Gasteiger partial charge >= 0.3 is 0 Å². The summed E-state index contributed by atoms with van der Waals surface area (Å²) in [5, 5.41) is 3.90. The number of hydrogen-bond acceptors (Lipinski definition) is 4. The Kier molecular flexibility index (Phi) is 11.1. The Morgan fingerprint density at radius 3 is 2.23 bits per heavy atom. The summed E-state index contributed by atoms with van der Waals surface area (Å²) in [6.07, 6.45) is 6.78. The van der Waals surface area contributed by atoms with Crippen LogP contribution >= 0.6 is 23.2 Å². The maximum atomic E-state index is 13.5. The molecule has 1 N–H and O–H groups in total. The fraction of sp³-hybridized carbons (Fsp3) is 0.517. The van der Waals surface area contributed by atoms with Gasteiger partial charge in [0.1, 0.15) is 6.04 Å². The predicted molar refractivity (Wildman–Crippen MR) is 159 cm³/mol. The Morgan fingerprint density at radius 1 is 1.00 bits per heavy atom. The molecule has 2 amide bonds. The first-order valence-electron chi connectivity index (χ1n) is 13.4. The highest BCUT2D eigenvalue weighted by Crippen LogP contribution is 2.25. The molecule has 1 saturated carbocycles. The van der Waals surface area contributed by atoms with Crippen molar-refractivity contribution < 1.29 is 18.0 Å². The van der Waals surface area contributed by atoms with Crippen LogP contribution in [0.4, 0.5) is 5.69 Å². The summed E-state index contributed by atoms with van der Waals surface area (Å²) < 4.78 is 26.5. The molecular formula is C29H39Cl2N3O4S. The number of benzene rings is 2. The lowest BCUT2D eigenvalue weighted by Crippen LogP contribution is -2.50. The van der Waals surface area contributed by atoms with Crippen LogP contribution < -0.4 is 9.62 Å². The number of carbonyl (C=O) groups excluding carboxylic acids is 2. The molecule has 3 rings (SSSR count). The van der Waals surface area contributed by atoms with Crippen molar-refractivity contribution in [2.75, 3.05) is 17.1 Å². The molecule has 0 saturated heterocycles. The van der Waals surface area contributed by atoms with Crippen molar-refractivity contribution >= 4 is 50.7 Å². The van der Waals surface area contributed by atoms with E-state index in [2.05, 4.69) is 5.32 Å². The summed E-state index contributed by atoms with van der Waals surface area (Å²) in [7, 11) is -3.56. The molecule has 39 heavy (non-hydrogen) atoms. The van der Waals surface area contributed by atoms with E-state index < -0.39 is 16.1 Å². The molecule has 0 bridgehead atoms. The number of carbonyl (C=O) groups is 2. The lowest BCUT2D eigenvalue weighted by atomic mass is 9.95. The second kappa shape index (κ2) is 13.9. The Labute approximate surface area is 242 Å². The maximum Gasteiger partial charge on any atom is 0.242 e. The van der Waals surface area contributed by atoms with Crippen molar-refractivity contribution in [2.24, 2.45) is 0 Å². The number of nitrogens with one attached hydrogen (secondary N) is 1. The quantitative estimate of drug-likeness (QED) is 0.344. The molecule has 7 nitrogen and oxygen atoms in total. The molecule has 1 atom stereocenters. The lowest BCUT2D eigenvalue weighted by Gasteiger charge is -2.31. The fourth-order valence-corrected chi connectivity index (χ4v) is 6.35. The van der Waals surface area contributed by atoms with Crippen molar-refractivity contribution in [2.45, 2.75) is 84.3 Å². The third kappa shape index (κ3) is 9.12. The number of nitrogens with zero attached hydrogens (tertiary/aromatic N) is 2. The van der Waals surface area contributed by atoms with Crippen molar-refractivity contribution in [3.05, 3.63) is 63.1 Å². The molecular weight excluding hydrogens is 557 g/mol. The predicted octanol–water partition coefficient (Wildman–Crippen LogP) is 6.02. The number of aryl methyl sites for hydroxylation is 2. The molecule has 0 spiro atoms. The van der Waals surface area contributed by atoms with Crippen LogP contribution in [-0.4, -0.2) is 50.0 Å². The topological polar surface area (TPSA) is 86.8 Å². The van der Waals surface area contributed by atoms with Gasteiger partial charge in [0.25, 0.3) is 0 Å². The van der Waals surface area contributed by atoms with Crippen LogP contribution in [0.3, 0.4) is 0 Å². The number of hydrogen-bond donors (Lipinski definition) is 1. The Bertz CT molecular complexity index is 1260. The fourth-order valence-electron chi connectivity index (χ4n) is 5.08. The van der Waals surface area contributed by atoms with E-state index in [0.29, 0.717) is 22.2 Å². The highest BCUT2D eigenvalue weighted by Gasteiger charge is 2.28. The van der Waals surface area contributed by atoms with Gasteiger partial charge in [-0.15, -0.1) is 0 Å². The summed E-state index contributed by atoms with van der Waals surface area (Å²) in [5.41, 5.74) is 3.25. The van der Waals surface area contributed by atoms with Gasteiger partial charge in [-0.1, -0.05) is 54.6 Å². The van der Waals surface area contributed by atoms with Crippen molar-refractivity contribution in [3.63, 3.8) is 0 Å². The van der Waals surface area contributed by atoms with Gasteiger partial charge in [0, 0.05) is 25.6 Å². The molecule has 2 aromatic rings. The first-order valence-corrected chi connectivity index (χ1v) is 16.1. The maximum absolute atomic E-state index is 13.5. The van der Waals surface area contributed by atoms with Gasteiger partial charge in [-0.2, -0.15) is 0 Å². The molecule has 0 aliphatic heterocycles. The number of sulfonamides is 1. The molecule has 2 aromatic carbocycles. The van der Waals surface area contributed by atoms with Gasteiger partial charge in [0.2, 0.25) is 21.8 Å². The molecule has 214 valence electrons. The second-order valence-corrected chi connectivity index (χ2v) is 13.3. The molecule has 1 fully saturated rings. The number of rotatable bonds is 11. The van der Waals surface area contributed by atoms with E-state index in [4.69, 9.17) is 23.2 Å². The van der Waals surface area contributed by atoms with Gasteiger partial charge in [-0.25, -0.2) is 8.42 Å². The van der Waals surface area contributed by atoms with Crippen LogP contribution in [0.5, 0.6) is 0 Å². The minimum Gasteiger partial charge on any atom is -0.352 e. The first-order chi connectivity index (χ1) is 18.3. The third-order valence-corrected chi connectivity index (χ3v) is 9.04. The number of halogens is 2. The second-order valence-electron chi connectivity index (χ2n) is 10.6. The van der Waals surface area contributed by atoms with E-state index in [1.165, 1.54) is 17.0 Å².